The third-order valence-corrected chi connectivity index (χ3v) is 4.86. The molecule has 23 heavy (non-hydrogen) atoms. The van der Waals surface area contributed by atoms with Gasteiger partial charge in [0.15, 0.2) is 0 Å². The summed E-state index contributed by atoms with van der Waals surface area (Å²) in [6, 6.07) is 11.0. The Labute approximate surface area is 137 Å². The Balaban J connectivity index is 1.96. The normalized spacial score (nSPS) is 19.1. The van der Waals surface area contributed by atoms with Gasteiger partial charge in [-0.25, -0.2) is 0 Å². The van der Waals surface area contributed by atoms with Crippen molar-refractivity contribution in [3.63, 3.8) is 0 Å². The molecule has 1 aliphatic heterocycles. The van der Waals surface area contributed by atoms with Gasteiger partial charge in [-0.2, -0.15) is 0 Å². The van der Waals surface area contributed by atoms with Crippen LogP contribution in [0.1, 0.15) is 33.3 Å². The molecular weight excluding hydrogens is 289 g/mol. The van der Waals surface area contributed by atoms with Gasteiger partial charge < -0.3 is 9.31 Å². The van der Waals surface area contributed by atoms with Crippen molar-refractivity contribution in [1.29, 1.82) is 0 Å². The van der Waals surface area contributed by atoms with E-state index >= 15 is 0 Å². The molecule has 0 bridgehead atoms. The number of hydrogen-bond donors (Lipinski definition) is 0. The average molecular weight is 311 g/mol. The fourth-order valence-corrected chi connectivity index (χ4v) is 2.68. The molecule has 0 saturated carbocycles. The van der Waals surface area contributed by atoms with Gasteiger partial charge in [-0.3, -0.25) is 9.36 Å². The number of pyridine rings is 1. The van der Waals surface area contributed by atoms with Crippen LogP contribution >= 0.6 is 0 Å². The molecule has 3 rings (SSSR count). The highest BCUT2D eigenvalue weighted by molar-refractivity contribution is 6.62. The first-order chi connectivity index (χ1) is 10.7. The van der Waals surface area contributed by atoms with Gasteiger partial charge in [-0.15, -0.1) is 0 Å². The Kier molecular flexibility index (Phi) is 3.73. The zero-order valence-corrected chi connectivity index (χ0v) is 14.3. The molecule has 120 valence electrons. The maximum absolute atomic E-state index is 12.0. The lowest BCUT2D eigenvalue weighted by atomic mass is 9.76. The lowest BCUT2D eigenvalue weighted by molar-refractivity contribution is 0.00578. The van der Waals surface area contributed by atoms with Gasteiger partial charge in [-0.05, 0) is 63.8 Å². The number of benzene rings is 1. The Hall–Kier alpha value is -1.85. The van der Waals surface area contributed by atoms with Gasteiger partial charge in [0.25, 0.3) is 5.56 Å². The topological polar surface area (TPSA) is 40.5 Å². The van der Waals surface area contributed by atoms with Crippen molar-refractivity contribution in [2.45, 2.75) is 45.8 Å². The Morgan fingerprint density at radius 3 is 2.22 bits per heavy atom. The molecule has 5 heteroatoms. The molecule has 1 aromatic carbocycles. The molecule has 2 aromatic rings. The Morgan fingerprint density at radius 2 is 1.65 bits per heavy atom. The molecule has 1 aliphatic rings. The molecule has 1 fully saturated rings. The highest BCUT2D eigenvalue weighted by Gasteiger charge is 2.52. The summed E-state index contributed by atoms with van der Waals surface area (Å²) in [5, 5.41) is 0. The molecule has 4 nitrogen and oxygen atoms in total. The minimum Gasteiger partial charge on any atom is -0.399 e. The quantitative estimate of drug-likeness (QED) is 0.800. The zero-order chi connectivity index (χ0) is 16.8. The minimum atomic E-state index is -0.387. The predicted octanol–water partition coefficient (Wildman–Crippen LogP) is 2.45. The fraction of sp³-hybridized carbons (Fsp3) is 0.389. The van der Waals surface area contributed by atoms with Crippen molar-refractivity contribution in [2.24, 2.45) is 0 Å². The second-order valence-corrected chi connectivity index (χ2v) is 7.04. The first-order valence-corrected chi connectivity index (χ1v) is 7.85. The highest BCUT2D eigenvalue weighted by atomic mass is 16.7. The molecular formula is C18H22BNO3. The van der Waals surface area contributed by atoms with Crippen molar-refractivity contribution in [3.05, 3.63) is 58.5 Å². The van der Waals surface area contributed by atoms with E-state index < -0.39 is 0 Å². The van der Waals surface area contributed by atoms with Crippen LogP contribution in [0.3, 0.4) is 0 Å². The van der Waals surface area contributed by atoms with Crippen LogP contribution in [0.15, 0.2) is 47.4 Å². The van der Waals surface area contributed by atoms with Gasteiger partial charge in [-0.1, -0.05) is 12.1 Å². The first kappa shape index (κ1) is 16.0. The van der Waals surface area contributed by atoms with E-state index in [-0.39, 0.29) is 23.9 Å². The van der Waals surface area contributed by atoms with Crippen LogP contribution in [0.2, 0.25) is 0 Å². The van der Waals surface area contributed by atoms with E-state index in [1.165, 1.54) is 0 Å². The summed E-state index contributed by atoms with van der Waals surface area (Å²) in [7, 11) is -0.387. The number of rotatable bonds is 2. The molecule has 0 aliphatic carbocycles. The van der Waals surface area contributed by atoms with Crippen molar-refractivity contribution < 1.29 is 9.31 Å². The SMILES string of the molecule is Cc1cc(-n2ccccc2=O)ccc1B1OC(C)(C)C(C)(C)O1. The van der Waals surface area contributed by atoms with Crippen molar-refractivity contribution >= 4 is 12.6 Å². The summed E-state index contributed by atoms with van der Waals surface area (Å²) < 4.78 is 13.8. The molecule has 0 atom stereocenters. The minimum absolute atomic E-state index is 0.0460. The summed E-state index contributed by atoms with van der Waals surface area (Å²) in [5.74, 6) is 0. The predicted molar refractivity (Wildman–Crippen MR) is 92.5 cm³/mol. The summed E-state index contributed by atoms with van der Waals surface area (Å²) in [6.07, 6.45) is 1.77. The molecule has 1 saturated heterocycles. The maximum atomic E-state index is 12.0. The van der Waals surface area contributed by atoms with Crippen LogP contribution in [-0.2, 0) is 9.31 Å². The standard InChI is InChI=1S/C18H22BNO3/c1-13-12-14(20-11-7-6-8-16(20)21)9-10-15(13)19-22-17(2,3)18(4,5)23-19/h6-12H,1-5H3. The van der Waals surface area contributed by atoms with E-state index in [2.05, 4.69) is 0 Å². The molecule has 0 N–H and O–H groups in total. The number of hydrogen-bond acceptors (Lipinski definition) is 3. The molecule has 0 amide bonds. The maximum Gasteiger partial charge on any atom is 0.495 e. The summed E-state index contributed by atoms with van der Waals surface area (Å²) >= 11 is 0. The van der Waals surface area contributed by atoms with E-state index in [0.29, 0.717) is 0 Å². The Bertz CT molecular complexity index is 779. The van der Waals surface area contributed by atoms with E-state index in [0.717, 1.165) is 16.7 Å². The molecule has 1 aromatic heterocycles. The van der Waals surface area contributed by atoms with Crippen LogP contribution in [0, 0.1) is 6.92 Å². The average Bonchev–Trinajstić information content (AvgIpc) is 2.67. The van der Waals surface area contributed by atoms with E-state index in [9.17, 15) is 4.79 Å². The monoisotopic (exact) mass is 311 g/mol. The molecule has 2 heterocycles. The van der Waals surface area contributed by atoms with Crippen LogP contribution in [0.4, 0.5) is 0 Å². The first-order valence-electron chi connectivity index (χ1n) is 7.85. The van der Waals surface area contributed by atoms with Gasteiger partial charge in [0.1, 0.15) is 0 Å². The lowest BCUT2D eigenvalue weighted by Gasteiger charge is -2.32. The van der Waals surface area contributed by atoms with Gasteiger partial charge in [0.05, 0.1) is 11.2 Å². The highest BCUT2D eigenvalue weighted by Crippen LogP contribution is 2.36. The number of aromatic nitrogens is 1. The Morgan fingerprint density at radius 1 is 1.00 bits per heavy atom. The molecule has 0 radical (unpaired) electrons. The van der Waals surface area contributed by atoms with E-state index in [1.807, 2.05) is 58.9 Å². The third kappa shape index (κ3) is 2.75. The van der Waals surface area contributed by atoms with Crippen molar-refractivity contribution in [2.75, 3.05) is 0 Å². The number of nitrogens with zero attached hydrogens (tertiary/aromatic N) is 1. The van der Waals surface area contributed by atoms with Gasteiger partial charge >= 0.3 is 7.12 Å². The van der Waals surface area contributed by atoms with Crippen LogP contribution < -0.4 is 11.0 Å². The zero-order valence-electron chi connectivity index (χ0n) is 14.3. The second kappa shape index (κ2) is 5.36. The van der Waals surface area contributed by atoms with Gasteiger partial charge in [0, 0.05) is 18.0 Å². The van der Waals surface area contributed by atoms with E-state index in [1.54, 1.807) is 22.9 Å². The van der Waals surface area contributed by atoms with Crippen LogP contribution in [0.5, 0.6) is 0 Å². The van der Waals surface area contributed by atoms with Crippen LogP contribution in [0.25, 0.3) is 5.69 Å². The lowest BCUT2D eigenvalue weighted by Crippen LogP contribution is -2.41. The molecule has 0 unspecified atom stereocenters. The van der Waals surface area contributed by atoms with Crippen LogP contribution in [-0.4, -0.2) is 22.9 Å². The van der Waals surface area contributed by atoms with Crippen molar-refractivity contribution in [1.82, 2.24) is 4.57 Å². The largest absolute Gasteiger partial charge is 0.495 e. The number of aryl methyl sites for hydroxylation is 1. The molecule has 0 spiro atoms. The summed E-state index contributed by atoms with van der Waals surface area (Å²) in [5.41, 5.74) is 2.11. The smallest absolute Gasteiger partial charge is 0.399 e. The van der Waals surface area contributed by atoms with Gasteiger partial charge in [0.2, 0.25) is 0 Å². The fourth-order valence-electron chi connectivity index (χ4n) is 2.68. The third-order valence-electron chi connectivity index (χ3n) is 4.86. The van der Waals surface area contributed by atoms with E-state index in [4.69, 9.17) is 9.31 Å². The van der Waals surface area contributed by atoms with Crippen molar-refractivity contribution in [3.8, 4) is 5.69 Å². The second-order valence-electron chi connectivity index (χ2n) is 7.04. The summed E-state index contributed by atoms with van der Waals surface area (Å²) in [6.45, 7) is 10.2. The summed E-state index contributed by atoms with van der Waals surface area (Å²) in [4.78, 5) is 12.0.